The Balaban J connectivity index is 2.27. The van der Waals surface area contributed by atoms with E-state index in [0.29, 0.717) is 0 Å². The van der Waals surface area contributed by atoms with Crippen molar-refractivity contribution in [1.82, 2.24) is 20.3 Å². The summed E-state index contributed by atoms with van der Waals surface area (Å²) in [4.78, 5) is 12.1. The van der Waals surface area contributed by atoms with Crippen LogP contribution in [-0.4, -0.2) is 21.5 Å². The van der Waals surface area contributed by atoms with E-state index in [1.807, 2.05) is 0 Å². The van der Waals surface area contributed by atoms with Gasteiger partial charge in [-0.3, -0.25) is 4.98 Å². The fourth-order valence-corrected chi connectivity index (χ4v) is 1.70. The van der Waals surface area contributed by atoms with Gasteiger partial charge in [0.1, 0.15) is 12.1 Å². The van der Waals surface area contributed by atoms with Crippen molar-refractivity contribution in [1.29, 1.82) is 0 Å². The maximum absolute atomic E-state index is 12.9. The first-order chi connectivity index (χ1) is 8.81. The smallest absolute Gasteiger partial charge is 0.141 e. The molecule has 4 nitrogen and oxygen atoms in total. The molecular weight excluding hydrogens is 231 g/mol. The Hall–Kier alpha value is -1.88. The van der Waals surface area contributed by atoms with Crippen molar-refractivity contribution >= 4 is 0 Å². The second kappa shape index (κ2) is 6.16. The van der Waals surface area contributed by atoms with Crippen molar-refractivity contribution < 1.29 is 4.39 Å². The Kier molecular flexibility index (Phi) is 4.30. The summed E-state index contributed by atoms with van der Waals surface area (Å²) >= 11 is 0. The number of nitrogens with zero attached hydrogens (tertiary/aromatic N) is 3. The molecule has 0 aromatic carbocycles. The number of hydrogen-bond acceptors (Lipinski definition) is 4. The van der Waals surface area contributed by atoms with Crippen LogP contribution in [0.25, 0.3) is 0 Å². The maximum Gasteiger partial charge on any atom is 0.141 e. The van der Waals surface area contributed by atoms with Gasteiger partial charge in [0.25, 0.3) is 0 Å². The molecule has 0 aliphatic carbocycles. The van der Waals surface area contributed by atoms with E-state index in [1.165, 1.54) is 18.6 Å². The van der Waals surface area contributed by atoms with Crippen LogP contribution in [-0.2, 0) is 0 Å². The van der Waals surface area contributed by atoms with Gasteiger partial charge in [-0.2, -0.15) is 0 Å². The predicted molar refractivity (Wildman–Crippen MR) is 66.4 cm³/mol. The summed E-state index contributed by atoms with van der Waals surface area (Å²) in [6, 6.07) is 2.98. The molecule has 0 saturated heterocycles. The van der Waals surface area contributed by atoms with E-state index < -0.39 is 0 Å². The predicted octanol–water partition coefficient (Wildman–Crippen LogP) is 2.10. The monoisotopic (exact) mass is 246 g/mol. The molecule has 0 aliphatic rings. The van der Waals surface area contributed by atoms with Gasteiger partial charge in [-0.1, -0.05) is 6.92 Å². The maximum atomic E-state index is 12.9. The van der Waals surface area contributed by atoms with Crippen molar-refractivity contribution in [2.45, 2.75) is 19.4 Å². The summed E-state index contributed by atoms with van der Waals surface area (Å²) < 4.78 is 12.9. The average molecular weight is 246 g/mol. The minimum absolute atomic E-state index is 0.105. The topological polar surface area (TPSA) is 50.7 Å². The molecule has 5 heteroatoms. The van der Waals surface area contributed by atoms with Gasteiger partial charge in [0.2, 0.25) is 0 Å². The van der Waals surface area contributed by atoms with Crippen molar-refractivity contribution in [2.75, 3.05) is 6.54 Å². The quantitative estimate of drug-likeness (QED) is 0.877. The number of aromatic nitrogens is 3. The molecule has 0 saturated carbocycles. The summed E-state index contributed by atoms with van der Waals surface area (Å²) in [5.74, 6) is -0.336. The van der Waals surface area contributed by atoms with Gasteiger partial charge < -0.3 is 5.32 Å². The van der Waals surface area contributed by atoms with Crippen molar-refractivity contribution in [2.24, 2.45) is 0 Å². The SMILES string of the molecule is CCCNC(c1cncnc1)c1ccc(F)cn1. The van der Waals surface area contributed by atoms with Crippen LogP contribution in [0.5, 0.6) is 0 Å². The first kappa shape index (κ1) is 12.6. The van der Waals surface area contributed by atoms with Crippen LogP contribution in [0.15, 0.2) is 37.1 Å². The summed E-state index contributed by atoms with van der Waals surface area (Å²) in [7, 11) is 0. The lowest BCUT2D eigenvalue weighted by Gasteiger charge is -2.17. The highest BCUT2D eigenvalue weighted by molar-refractivity contribution is 5.23. The Morgan fingerprint density at radius 1 is 1.22 bits per heavy atom. The minimum Gasteiger partial charge on any atom is -0.305 e. The Morgan fingerprint density at radius 2 is 2.00 bits per heavy atom. The Bertz CT molecular complexity index is 472. The first-order valence-electron chi connectivity index (χ1n) is 5.91. The van der Waals surface area contributed by atoms with Crippen LogP contribution in [0.2, 0.25) is 0 Å². The highest BCUT2D eigenvalue weighted by Crippen LogP contribution is 2.18. The largest absolute Gasteiger partial charge is 0.305 e. The van der Waals surface area contributed by atoms with E-state index >= 15 is 0 Å². The van der Waals surface area contributed by atoms with Gasteiger partial charge in [-0.25, -0.2) is 14.4 Å². The standard InChI is InChI=1S/C13H15FN4/c1-2-5-17-13(10-6-15-9-16-7-10)12-4-3-11(14)8-18-12/h3-4,6-9,13,17H,2,5H2,1H3. The Morgan fingerprint density at radius 3 is 2.61 bits per heavy atom. The lowest BCUT2D eigenvalue weighted by Crippen LogP contribution is -2.24. The van der Waals surface area contributed by atoms with Gasteiger partial charge in [-0.05, 0) is 25.1 Å². The van der Waals surface area contributed by atoms with Crippen LogP contribution < -0.4 is 5.32 Å². The third-order valence-corrected chi connectivity index (χ3v) is 2.56. The highest BCUT2D eigenvalue weighted by atomic mass is 19.1. The van der Waals surface area contributed by atoms with Crippen LogP contribution in [0.1, 0.15) is 30.6 Å². The summed E-state index contributed by atoms with van der Waals surface area (Å²) in [6.07, 6.45) is 7.19. The summed E-state index contributed by atoms with van der Waals surface area (Å²) in [5, 5.41) is 3.36. The molecule has 1 atom stereocenters. The van der Waals surface area contributed by atoms with E-state index in [2.05, 4.69) is 27.2 Å². The van der Waals surface area contributed by atoms with Crippen molar-refractivity contribution in [3.8, 4) is 0 Å². The minimum atomic E-state index is -0.336. The highest BCUT2D eigenvalue weighted by Gasteiger charge is 2.15. The average Bonchev–Trinajstić information content (AvgIpc) is 2.42. The molecule has 0 fully saturated rings. The second-order valence-corrected chi connectivity index (χ2v) is 3.96. The van der Waals surface area contributed by atoms with E-state index in [4.69, 9.17) is 0 Å². The van der Waals surface area contributed by atoms with Crippen LogP contribution in [0.3, 0.4) is 0 Å². The van der Waals surface area contributed by atoms with Gasteiger partial charge in [0, 0.05) is 18.0 Å². The summed E-state index contributed by atoms with van der Waals surface area (Å²) in [5.41, 5.74) is 1.68. The molecule has 1 unspecified atom stereocenters. The number of nitrogens with one attached hydrogen (secondary N) is 1. The van der Waals surface area contributed by atoms with Gasteiger partial charge >= 0.3 is 0 Å². The molecule has 0 aliphatic heterocycles. The molecule has 0 radical (unpaired) electrons. The van der Waals surface area contributed by atoms with E-state index in [9.17, 15) is 4.39 Å². The fourth-order valence-electron chi connectivity index (χ4n) is 1.70. The second-order valence-electron chi connectivity index (χ2n) is 3.96. The third kappa shape index (κ3) is 3.07. The van der Waals surface area contributed by atoms with E-state index in [-0.39, 0.29) is 11.9 Å². The normalized spacial score (nSPS) is 12.3. The molecule has 0 amide bonds. The number of rotatable bonds is 5. The lowest BCUT2D eigenvalue weighted by molar-refractivity contribution is 0.573. The zero-order chi connectivity index (χ0) is 12.8. The van der Waals surface area contributed by atoms with E-state index in [1.54, 1.807) is 18.5 Å². The molecule has 1 N–H and O–H groups in total. The number of halogens is 1. The lowest BCUT2D eigenvalue weighted by atomic mass is 10.1. The van der Waals surface area contributed by atoms with Gasteiger partial charge in [0.05, 0.1) is 17.9 Å². The molecule has 2 aromatic rings. The number of pyridine rings is 1. The van der Waals surface area contributed by atoms with Crippen molar-refractivity contribution in [3.63, 3.8) is 0 Å². The van der Waals surface area contributed by atoms with E-state index in [0.717, 1.165) is 24.2 Å². The molecule has 94 valence electrons. The zero-order valence-corrected chi connectivity index (χ0v) is 10.2. The Labute approximate surface area is 105 Å². The first-order valence-corrected chi connectivity index (χ1v) is 5.91. The summed E-state index contributed by atoms with van der Waals surface area (Å²) in [6.45, 7) is 2.93. The van der Waals surface area contributed by atoms with Gasteiger partial charge in [0.15, 0.2) is 0 Å². The molecular formula is C13H15FN4. The number of hydrogen-bond donors (Lipinski definition) is 1. The molecule has 2 aromatic heterocycles. The molecule has 0 spiro atoms. The molecule has 0 bridgehead atoms. The fraction of sp³-hybridized carbons (Fsp3) is 0.308. The van der Waals surface area contributed by atoms with Gasteiger partial charge in [-0.15, -0.1) is 0 Å². The van der Waals surface area contributed by atoms with Crippen LogP contribution in [0.4, 0.5) is 4.39 Å². The zero-order valence-electron chi connectivity index (χ0n) is 10.2. The molecule has 18 heavy (non-hydrogen) atoms. The van der Waals surface area contributed by atoms with Crippen LogP contribution >= 0.6 is 0 Å². The van der Waals surface area contributed by atoms with Crippen LogP contribution in [0, 0.1) is 5.82 Å². The van der Waals surface area contributed by atoms with Crippen molar-refractivity contribution in [3.05, 3.63) is 54.1 Å². The third-order valence-electron chi connectivity index (χ3n) is 2.56. The molecule has 2 heterocycles. The molecule has 2 rings (SSSR count).